The first-order valence-electron chi connectivity index (χ1n) is 15.6. The number of ether oxygens (including phenoxy) is 2. The lowest BCUT2D eigenvalue weighted by Crippen LogP contribution is -2.46. The average molecular weight is 645 g/mol. The van der Waals surface area contributed by atoms with E-state index < -0.39 is 15.7 Å². The molecule has 1 aromatic carbocycles. The number of nitrogens with zero attached hydrogens (tertiary/aromatic N) is 5. The molecular weight excluding hydrogens is 604 g/mol. The Hall–Kier alpha value is -4.13. The molecule has 11 nitrogen and oxygen atoms in total. The van der Waals surface area contributed by atoms with Crippen molar-refractivity contribution in [2.24, 2.45) is 0 Å². The van der Waals surface area contributed by atoms with Crippen molar-refractivity contribution < 1.29 is 22.7 Å². The number of hydrogen-bond donors (Lipinski definition) is 1. The van der Waals surface area contributed by atoms with Crippen molar-refractivity contribution >= 4 is 38.2 Å². The molecule has 3 aromatic heterocycles. The number of sulfone groups is 1. The summed E-state index contributed by atoms with van der Waals surface area (Å²) in [7, 11) is -3.60. The van der Waals surface area contributed by atoms with E-state index in [0.717, 1.165) is 47.5 Å². The van der Waals surface area contributed by atoms with Gasteiger partial charge in [-0.3, -0.25) is 9.78 Å². The molecule has 4 aromatic rings. The number of benzene rings is 1. The maximum atomic E-state index is 13.2. The standard InChI is InChI=1S/C34H40N6O5S/c1-21-17-39(18-22(2)44-21)31-12-10-25(13-32(31)46(5,42)43)34(41)36-16-27-14-30-26(15-35-27)9-11-29(37-30)28-7-6-8-33(38-28)40-19-23(3)45-24(4)20-40/h6-15,21-24H,16-20H2,1-5H3,(H,36,41)/t21-,22+,23-,24+. The number of pyridine rings is 3. The molecule has 2 fully saturated rings. The largest absolute Gasteiger partial charge is 0.372 e. The van der Waals surface area contributed by atoms with Gasteiger partial charge in [0, 0.05) is 49.6 Å². The van der Waals surface area contributed by atoms with Crippen LogP contribution in [0.25, 0.3) is 22.3 Å². The highest BCUT2D eigenvalue weighted by Gasteiger charge is 2.27. The van der Waals surface area contributed by atoms with Gasteiger partial charge in [0.05, 0.1) is 64.1 Å². The van der Waals surface area contributed by atoms with Crippen LogP contribution in [-0.4, -0.2) is 86.1 Å². The minimum Gasteiger partial charge on any atom is -0.372 e. The van der Waals surface area contributed by atoms with E-state index in [1.807, 2.05) is 55.1 Å². The molecule has 0 radical (unpaired) electrons. The summed E-state index contributed by atoms with van der Waals surface area (Å²) in [5.74, 6) is 0.497. The number of anilines is 2. The Morgan fingerprint density at radius 1 is 0.848 bits per heavy atom. The Labute approximate surface area is 269 Å². The van der Waals surface area contributed by atoms with E-state index in [4.69, 9.17) is 19.4 Å². The Morgan fingerprint density at radius 2 is 1.50 bits per heavy atom. The third-order valence-corrected chi connectivity index (χ3v) is 9.31. The van der Waals surface area contributed by atoms with Crippen molar-refractivity contribution in [3.63, 3.8) is 0 Å². The molecule has 0 bridgehead atoms. The molecule has 0 aliphatic carbocycles. The molecule has 1 amide bonds. The molecule has 2 aliphatic rings. The number of hydrogen-bond acceptors (Lipinski definition) is 10. The van der Waals surface area contributed by atoms with Gasteiger partial charge in [-0.05, 0) is 76.2 Å². The zero-order chi connectivity index (χ0) is 32.6. The summed E-state index contributed by atoms with van der Waals surface area (Å²) < 4.78 is 37.2. The second-order valence-electron chi connectivity index (χ2n) is 12.4. The lowest BCUT2D eigenvalue weighted by Gasteiger charge is -2.37. The van der Waals surface area contributed by atoms with Crippen molar-refractivity contribution in [2.75, 3.05) is 42.2 Å². The first-order valence-corrected chi connectivity index (χ1v) is 17.5. The van der Waals surface area contributed by atoms with Crippen molar-refractivity contribution in [3.05, 3.63) is 72.1 Å². The van der Waals surface area contributed by atoms with Crippen LogP contribution in [0.1, 0.15) is 43.7 Å². The van der Waals surface area contributed by atoms with Crippen molar-refractivity contribution in [3.8, 4) is 11.4 Å². The molecule has 46 heavy (non-hydrogen) atoms. The van der Waals surface area contributed by atoms with Gasteiger partial charge < -0.3 is 24.6 Å². The van der Waals surface area contributed by atoms with Gasteiger partial charge in [-0.15, -0.1) is 0 Å². The molecular formula is C34H40N6O5S. The fraction of sp³-hybridized carbons (Fsp3) is 0.412. The van der Waals surface area contributed by atoms with Crippen molar-refractivity contribution in [2.45, 2.75) is 63.6 Å². The van der Waals surface area contributed by atoms with Gasteiger partial charge in [0.2, 0.25) is 0 Å². The van der Waals surface area contributed by atoms with Gasteiger partial charge >= 0.3 is 0 Å². The number of rotatable bonds is 7. The Balaban J connectivity index is 1.18. The maximum Gasteiger partial charge on any atom is 0.251 e. The van der Waals surface area contributed by atoms with Crippen LogP contribution in [0, 0.1) is 0 Å². The van der Waals surface area contributed by atoms with Gasteiger partial charge in [-0.25, -0.2) is 18.4 Å². The minimum absolute atomic E-state index is 0.0384. The van der Waals surface area contributed by atoms with Crippen LogP contribution in [0.2, 0.25) is 0 Å². The molecule has 5 heterocycles. The molecule has 2 saturated heterocycles. The van der Waals surface area contributed by atoms with Crippen LogP contribution in [0.4, 0.5) is 11.5 Å². The minimum atomic E-state index is -3.60. The predicted octanol–water partition coefficient (Wildman–Crippen LogP) is 4.25. The van der Waals surface area contributed by atoms with E-state index in [0.29, 0.717) is 24.5 Å². The van der Waals surface area contributed by atoms with Crippen LogP contribution >= 0.6 is 0 Å². The highest BCUT2D eigenvalue weighted by atomic mass is 32.2. The lowest BCUT2D eigenvalue weighted by atomic mass is 10.1. The third-order valence-electron chi connectivity index (χ3n) is 8.18. The Bertz CT molecular complexity index is 1850. The second kappa shape index (κ2) is 12.9. The van der Waals surface area contributed by atoms with E-state index >= 15 is 0 Å². The van der Waals surface area contributed by atoms with Crippen molar-refractivity contribution in [1.82, 2.24) is 20.3 Å². The molecule has 12 heteroatoms. The maximum absolute atomic E-state index is 13.2. The Kier molecular flexibility index (Phi) is 8.95. The number of carbonyl (C=O) groups is 1. The summed E-state index contributed by atoms with van der Waals surface area (Å²) >= 11 is 0. The van der Waals surface area contributed by atoms with E-state index in [1.54, 1.807) is 18.3 Å². The second-order valence-corrected chi connectivity index (χ2v) is 14.4. The van der Waals surface area contributed by atoms with Crippen LogP contribution in [0.5, 0.6) is 0 Å². The van der Waals surface area contributed by atoms with Gasteiger partial charge in [0.15, 0.2) is 9.84 Å². The summed E-state index contributed by atoms with van der Waals surface area (Å²) in [5, 5.41) is 3.75. The molecule has 0 saturated carbocycles. The SMILES string of the molecule is C[C@@H]1CN(c2cccc(-c3ccc4cnc(CNC(=O)c5ccc(N6C[C@@H](C)O[C@@H](C)C6)c(S(C)(=O)=O)c5)cc4n3)n2)C[C@H](C)O1. The van der Waals surface area contributed by atoms with Crippen LogP contribution in [0.3, 0.4) is 0 Å². The van der Waals surface area contributed by atoms with Crippen molar-refractivity contribution in [1.29, 1.82) is 0 Å². The van der Waals surface area contributed by atoms with Gasteiger partial charge in [-0.1, -0.05) is 6.07 Å². The van der Waals surface area contributed by atoms with Crippen LogP contribution < -0.4 is 15.1 Å². The number of carbonyl (C=O) groups excluding carboxylic acids is 1. The van der Waals surface area contributed by atoms with Crippen LogP contribution in [-0.2, 0) is 25.9 Å². The number of fused-ring (bicyclic) bond motifs is 1. The molecule has 0 unspecified atom stereocenters. The smallest absolute Gasteiger partial charge is 0.251 e. The van der Waals surface area contributed by atoms with E-state index in [2.05, 4.69) is 29.0 Å². The summed E-state index contributed by atoms with van der Waals surface area (Å²) in [5.41, 5.74) is 3.70. The van der Waals surface area contributed by atoms with Gasteiger partial charge in [0.25, 0.3) is 5.91 Å². The van der Waals surface area contributed by atoms with E-state index in [9.17, 15) is 13.2 Å². The fourth-order valence-corrected chi connectivity index (χ4v) is 7.18. The molecule has 242 valence electrons. The topological polar surface area (TPSA) is 127 Å². The van der Waals surface area contributed by atoms with Gasteiger partial charge in [-0.2, -0.15) is 0 Å². The molecule has 4 atom stereocenters. The number of morpholine rings is 2. The summed E-state index contributed by atoms with van der Waals surface area (Å²) in [6.07, 6.45) is 3.07. The summed E-state index contributed by atoms with van der Waals surface area (Å²) in [6, 6.07) is 16.5. The number of nitrogens with one attached hydrogen (secondary N) is 1. The molecule has 1 N–H and O–H groups in total. The summed E-state index contributed by atoms with van der Waals surface area (Å²) in [6.45, 7) is 10.9. The lowest BCUT2D eigenvalue weighted by molar-refractivity contribution is -0.00567. The highest BCUT2D eigenvalue weighted by Crippen LogP contribution is 2.30. The first kappa shape index (κ1) is 31.8. The monoisotopic (exact) mass is 644 g/mol. The molecule has 6 rings (SSSR count). The molecule has 2 aliphatic heterocycles. The zero-order valence-corrected chi connectivity index (χ0v) is 27.6. The van der Waals surface area contributed by atoms with Crippen LogP contribution in [0.15, 0.2) is 65.7 Å². The third kappa shape index (κ3) is 7.14. The predicted molar refractivity (Wildman–Crippen MR) is 178 cm³/mol. The van der Waals surface area contributed by atoms with Gasteiger partial charge in [0.1, 0.15) is 5.82 Å². The highest BCUT2D eigenvalue weighted by molar-refractivity contribution is 7.90. The normalized spacial score (nSPS) is 22.2. The van der Waals surface area contributed by atoms with E-state index in [1.165, 1.54) is 6.07 Å². The quantitative estimate of drug-likeness (QED) is 0.312. The zero-order valence-electron chi connectivity index (χ0n) is 26.8. The average Bonchev–Trinajstić information content (AvgIpc) is 3.01. The number of aromatic nitrogens is 3. The fourth-order valence-electron chi connectivity index (χ4n) is 6.27. The molecule has 0 spiro atoms. The number of amides is 1. The van der Waals surface area contributed by atoms with E-state index in [-0.39, 0.29) is 41.4 Å². The summed E-state index contributed by atoms with van der Waals surface area (Å²) in [4.78, 5) is 31.8. The Morgan fingerprint density at radius 3 is 2.17 bits per heavy atom. The first-order chi connectivity index (χ1) is 21.9.